The molecule has 0 aliphatic carbocycles. The van der Waals surface area contributed by atoms with Gasteiger partial charge in [-0.05, 0) is 55.5 Å². The highest BCUT2D eigenvalue weighted by Crippen LogP contribution is 2.26. The Balaban J connectivity index is 1.14. The van der Waals surface area contributed by atoms with Crippen LogP contribution in [0.4, 0.5) is 5.69 Å². The summed E-state index contributed by atoms with van der Waals surface area (Å²) in [5, 5.41) is 13.2. The lowest BCUT2D eigenvalue weighted by Crippen LogP contribution is -2.11. The fraction of sp³-hybridized carbons (Fsp3) is 0.0370. The topological polar surface area (TPSA) is 85.3 Å². The molecule has 0 aliphatic heterocycles. The summed E-state index contributed by atoms with van der Waals surface area (Å²) in [5.74, 6) is 0.672. The Labute approximate surface area is 204 Å². The smallest absolute Gasteiger partial charge is 0.255 e. The lowest BCUT2D eigenvalue weighted by Gasteiger charge is -2.06. The van der Waals surface area contributed by atoms with Crippen molar-refractivity contribution < 1.29 is 9.21 Å². The van der Waals surface area contributed by atoms with Gasteiger partial charge in [-0.25, -0.2) is 4.98 Å². The van der Waals surface area contributed by atoms with Crippen LogP contribution in [-0.4, -0.2) is 25.5 Å². The summed E-state index contributed by atoms with van der Waals surface area (Å²) in [6.45, 7) is 2.01. The number of hydrogen-bond acceptors (Lipinski definition) is 6. The Bertz CT molecular complexity index is 1620. The summed E-state index contributed by atoms with van der Waals surface area (Å²) in [6.07, 6.45) is 3.98. The van der Waals surface area contributed by atoms with Gasteiger partial charge >= 0.3 is 0 Å². The van der Waals surface area contributed by atoms with Crippen LogP contribution in [0.1, 0.15) is 15.9 Å². The first-order valence-electron chi connectivity index (χ1n) is 11.0. The van der Waals surface area contributed by atoms with E-state index in [-0.39, 0.29) is 5.91 Å². The Morgan fingerprint density at radius 3 is 2.40 bits per heavy atom. The van der Waals surface area contributed by atoms with Crippen molar-refractivity contribution in [3.05, 3.63) is 102 Å². The van der Waals surface area contributed by atoms with E-state index in [9.17, 15) is 4.79 Å². The molecule has 3 heterocycles. The van der Waals surface area contributed by atoms with Gasteiger partial charge in [0.2, 0.25) is 11.8 Å². The van der Waals surface area contributed by atoms with Crippen molar-refractivity contribution in [2.75, 3.05) is 5.32 Å². The molecule has 3 aromatic heterocycles. The molecular weight excluding hydrogens is 458 g/mol. The first kappa shape index (κ1) is 21.0. The number of rotatable bonds is 5. The quantitative estimate of drug-likeness (QED) is 0.313. The number of thiazole rings is 1. The molecule has 0 radical (unpaired) electrons. The average Bonchev–Trinajstić information content (AvgIpc) is 3.62. The molecule has 0 spiro atoms. The zero-order chi connectivity index (χ0) is 23.8. The summed E-state index contributed by atoms with van der Waals surface area (Å²) in [5.41, 5.74) is 5.88. The number of carbonyl (C=O) groups excluding carboxylic acids is 1. The number of carbonyl (C=O) groups is 1. The van der Waals surface area contributed by atoms with Gasteiger partial charge in [-0.1, -0.05) is 29.8 Å². The standard InChI is InChI=1S/C27H19N5O2S/c1-17-3-2-4-21(15-17)26-31-30-25(34-26)20-7-5-19(6-8-20)24(33)28-22-11-9-18(10-12-22)23-16-32-13-14-35-27(32)29-23/h2-16H,1H3,(H,28,33). The average molecular weight is 478 g/mol. The number of aryl methyl sites for hydroxylation is 1. The van der Waals surface area contributed by atoms with E-state index in [4.69, 9.17) is 4.42 Å². The van der Waals surface area contributed by atoms with Gasteiger partial charge in [0.15, 0.2) is 4.96 Å². The van der Waals surface area contributed by atoms with E-state index in [1.54, 1.807) is 35.6 Å². The lowest BCUT2D eigenvalue weighted by molar-refractivity contribution is 0.102. The predicted octanol–water partition coefficient (Wildman–Crippen LogP) is 6.34. The Kier molecular flexibility index (Phi) is 5.20. The van der Waals surface area contributed by atoms with Crippen LogP contribution < -0.4 is 5.32 Å². The molecule has 0 saturated heterocycles. The van der Waals surface area contributed by atoms with E-state index in [0.29, 0.717) is 23.0 Å². The van der Waals surface area contributed by atoms with E-state index >= 15 is 0 Å². The second-order valence-corrected chi connectivity index (χ2v) is 8.98. The van der Waals surface area contributed by atoms with Crippen molar-refractivity contribution in [1.82, 2.24) is 19.6 Å². The van der Waals surface area contributed by atoms with Crippen molar-refractivity contribution in [1.29, 1.82) is 0 Å². The highest BCUT2D eigenvalue weighted by Gasteiger charge is 2.13. The Hall–Kier alpha value is -4.56. The van der Waals surface area contributed by atoms with Gasteiger partial charge in [0.25, 0.3) is 5.91 Å². The molecule has 1 N–H and O–H groups in total. The molecule has 6 rings (SSSR count). The van der Waals surface area contributed by atoms with Crippen LogP contribution in [-0.2, 0) is 0 Å². The van der Waals surface area contributed by atoms with Gasteiger partial charge in [0, 0.05) is 45.7 Å². The van der Waals surface area contributed by atoms with Gasteiger partial charge < -0.3 is 9.73 Å². The molecule has 170 valence electrons. The normalized spacial score (nSPS) is 11.1. The van der Waals surface area contributed by atoms with Crippen LogP contribution in [0.15, 0.2) is 95.0 Å². The monoisotopic (exact) mass is 477 g/mol. The van der Waals surface area contributed by atoms with Gasteiger partial charge in [0.05, 0.1) is 5.69 Å². The maximum Gasteiger partial charge on any atom is 0.255 e. The number of aromatic nitrogens is 4. The highest BCUT2D eigenvalue weighted by molar-refractivity contribution is 7.15. The van der Waals surface area contributed by atoms with E-state index in [1.807, 2.05) is 77.6 Å². The van der Waals surface area contributed by atoms with Crippen LogP contribution in [0, 0.1) is 6.92 Å². The van der Waals surface area contributed by atoms with E-state index in [1.165, 1.54) is 0 Å². The molecule has 3 aromatic carbocycles. The van der Waals surface area contributed by atoms with Gasteiger partial charge in [0.1, 0.15) is 0 Å². The molecule has 0 bridgehead atoms. The molecule has 0 fully saturated rings. The fourth-order valence-corrected chi connectivity index (χ4v) is 4.49. The second-order valence-electron chi connectivity index (χ2n) is 8.11. The largest absolute Gasteiger partial charge is 0.416 e. The molecule has 6 aromatic rings. The van der Waals surface area contributed by atoms with Crippen molar-refractivity contribution in [3.8, 4) is 34.2 Å². The number of nitrogens with zero attached hydrogens (tertiary/aromatic N) is 4. The SMILES string of the molecule is Cc1cccc(-c2nnc(-c3ccc(C(=O)Nc4ccc(-c5cn6ccsc6n5)cc4)cc3)o2)c1. The molecule has 1 amide bonds. The Morgan fingerprint density at radius 2 is 1.66 bits per heavy atom. The molecule has 0 atom stereocenters. The van der Waals surface area contributed by atoms with Crippen molar-refractivity contribution in [2.45, 2.75) is 6.92 Å². The van der Waals surface area contributed by atoms with Crippen LogP contribution in [0.5, 0.6) is 0 Å². The zero-order valence-electron chi connectivity index (χ0n) is 18.7. The molecule has 0 saturated carbocycles. The summed E-state index contributed by atoms with van der Waals surface area (Å²) >= 11 is 1.59. The molecule has 7 nitrogen and oxygen atoms in total. The number of anilines is 1. The highest BCUT2D eigenvalue weighted by atomic mass is 32.1. The fourth-order valence-electron chi connectivity index (χ4n) is 3.79. The van der Waals surface area contributed by atoms with Gasteiger partial charge in [-0.2, -0.15) is 0 Å². The van der Waals surface area contributed by atoms with E-state index in [0.717, 1.165) is 32.9 Å². The predicted molar refractivity (Wildman–Crippen MR) is 136 cm³/mol. The van der Waals surface area contributed by atoms with E-state index in [2.05, 4.69) is 20.5 Å². The van der Waals surface area contributed by atoms with E-state index < -0.39 is 0 Å². The third-order valence-electron chi connectivity index (χ3n) is 5.62. The molecule has 0 aliphatic rings. The van der Waals surface area contributed by atoms with Gasteiger partial charge in [-0.3, -0.25) is 9.20 Å². The molecule has 8 heteroatoms. The first-order valence-corrected chi connectivity index (χ1v) is 11.9. The summed E-state index contributed by atoms with van der Waals surface area (Å²) in [7, 11) is 0. The summed E-state index contributed by atoms with van der Waals surface area (Å²) in [4.78, 5) is 18.3. The first-order chi connectivity index (χ1) is 17.1. The van der Waals surface area contributed by atoms with Gasteiger partial charge in [-0.15, -0.1) is 21.5 Å². The van der Waals surface area contributed by atoms with Crippen molar-refractivity contribution >= 4 is 27.9 Å². The van der Waals surface area contributed by atoms with Crippen LogP contribution in [0.2, 0.25) is 0 Å². The van der Waals surface area contributed by atoms with Crippen molar-refractivity contribution in [3.63, 3.8) is 0 Å². The maximum absolute atomic E-state index is 12.7. The molecule has 0 unspecified atom stereocenters. The lowest BCUT2D eigenvalue weighted by atomic mass is 10.1. The number of benzene rings is 3. The minimum atomic E-state index is -0.196. The number of amides is 1. The number of fused-ring (bicyclic) bond motifs is 1. The summed E-state index contributed by atoms with van der Waals surface area (Å²) < 4.78 is 7.84. The van der Waals surface area contributed by atoms with Crippen LogP contribution in [0.3, 0.4) is 0 Å². The number of hydrogen-bond donors (Lipinski definition) is 1. The molecular formula is C27H19N5O2S. The Morgan fingerprint density at radius 1 is 0.914 bits per heavy atom. The number of nitrogens with one attached hydrogen (secondary N) is 1. The van der Waals surface area contributed by atoms with Crippen LogP contribution in [0.25, 0.3) is 39.1 Å². The number of imidazole rings is 1. The minimum absolute atomic E-state index is 0.196. The zero-order valence-corrected chi connectivity index (χ0v) is 19.5. The third-order valence-corrected chi connectivity index (χ3v) is 6.39. The molecule has 35 heavy (non-hydrogen) atoms. The minimum Gasteiger partial charge on any atom is -0.416 e. The second kappa shape index (κ2) is 8.66. The van der Waals surface area contributed by atoms with Crippen molar-refractivity contribution in [2.24, 2.45) is 0 Å². The van der Waals surface area contributed by atoms with Crippen LogP contribution >= 0.6 is 11.3 Å². The summed E-state index contributed by atoms with van der Waals surface area (Å²) in [6, 6.07) is 22.6. The third kappa shape index (κ3) is 4.22. The maximum atomic E-state index is 12.7.